The lowest BCUT2D eigenvalue weighted by Crippen LogP contribution is -2.25. The molecule has 0 atom stereocenters. The van der Waals surface area contributed by atoms with Gasteiger partial charge in [0.2, 0.25) is 0 Å². The van der Waals surface area contributed by atoms with Gasteiger partial charge in [-0.2, -0.15) is 13.2 Å². The molecular weight excluding hydrogens is 349 g/mol. The molecule has 2 heterocycles. The number of nitrogens with zero attached hydrogens (tertiary/aromatic N) is 2. The molecular formula is C18H11F3N2OS. The first-order valence-electron chi connectivity index (χ1n) is 7.22. The second-order valence-corrected chi connectivity index (χ2v) is 6.27. The number of hydrogen-bond donors (Lipinski definition) is 0. The Morgan fingerprint density at radius 3 is 2.40 bits per heavy atom. The summed E-state index contributed by atoms with van der Waals surface area (Å²) < 4.78 is 41.2. The van der Waals surface area contributed by atoms with Crippen LogP contribution in [0.15, 0.2) is 58.7 Å². The molecule has 0 fully saturated rings. The van der Waals surface area contributed by atoms with Crippen molar-refractivity contribution in [2.24, 2.45) is 0 Å². The van der Waals surface area contributed by atoms with E-state index < -0.39 is 23.0 Å². The number of hydrogen-bond acceptors (Lipinski definition) is 2. The Morgan fingerprint density at radius 2 is 1.84 bits per heavy atom. The zero-order valence-corrected chi connectivity index (χ0v) is 13.6. The van der Waals surface area contributed by atoms with Crippen molar-refractivity contribution >= 4 is 17.0 Å². The van der Waals surface area contributed by atoms with Crippen molar-refractivity contribution < 1.29 is 13.2 Å². The van der Waals surface area contributed by atoms with Crippen molar-refractivity contribution in [1.29, 1.82) is 0 Å². The van der Waals surface area contributed by atoms with Crippen molar-refractivity contribution in [1.82, 2.24) is 4.57 Å². The Bertz CT molecular complexity index is 984. The van der Waals surface area contributed by atoms with Gasteiger partial charge < -0.3 is 4.57 Å². The maximum absolute atomic E-state index is 13.3. The summed E-state index contributed by atoms with van der Waals surface area (Å²) in [6, 6.07) is 12.9. The lowest BCUT2D eigenvalue weighted by atomic mass is 10.1. The Labute approximate surface area is 145 Å². The molecule has 0 aliphatic carbocycles. The molecule has 3 nitrogen and oxygen atoms in total. The molecule has 0 saturated heterocycles. The lowest BCUT2D eigenvalue weighted by molar-refractivity contribution is -0.136. The van der Waals surface area contributed by atoms with Crippen LogP contribution in [0, 0.1) is 6.57 Å². The van der Waals surface area contributed by atoms with Gasteiger partial charge in [-0.25, -0.2) is 4.85 Å². The van der Waals surface area contributed by atoms with Gasteiger partial charge in [0, 0.05) is 10.6 Å². The smallest absolute Gasteiger partial charge is 0.312 e. The number of benzene rings is 1. The van der Waals surface area contributed by atoms with Crippen molar-refractivity contribution in [3.05, 3.63) is 86.1 Å². The number of rotatable bonds is 3. The maximum Gasteiger partial charge on any atom is 0.407 e. The summed E-state index contributed by atoms with van der Waals surface area (Å²) in [4.78, 5) is 16.3. The lowest BCUT2D eigenvalue weighted by Gasteiger charge is -2.17. The summed E-state index contributed by atoms with van der Waals surface area (Å²) in [7, 11) is 0. The van der Waals surface area contributed by atoms with Gasteiger partial charge in [0.05, 0.1) is 18.7 Å². The third kappa shape index (κ3) is 3.35. The van der Waals surface area contributed by atoms with E-state index in [2.05, 4.69) is 4.85 Å². The molecule has 0 spiro atoms. The van der Waals surface area contributed by atoms with Crippen LogP contribution in [-0.4, -0.2) is 4.57 Å². The van der Waals surface area contributed by atoms with Crippen molar-refractivity contribution in [3.63, 3.8) is 0 Å². The topological polar surface area (TPSA) is 26.4 Å². The minimum absolute atomic E-state index is 0.112. The summed E-state index contributed by atoms with van der Waals surface area (Å²) in [6.07, 6.45) is -4.77. The molecule has 0 aliphatic heterocycles. The Balaban J connectivity index is 2.32. The van der Waals surface area contributed by atoms with E-state index in [1.807, 2.05) is 5.38 Å². The molecule has 0 radical (unpaired) electrons. The van der Waals surface area contributed by atoms with Crippen molar-refractivity contribution in [3.8, 4) is 11.3 Å². The summed E-state index contributed by atoms with van der Waals surface area (Å²) in [6.45, 7) is 7.15. The molecule has 126 valence electrons. The Hall–Kier alpha value is -2.85. The number of alkyl halides is 3. The Kier molecular flexibility index (Phi) is 4.47. The SMILES string of the molecule is [C-]#[N+]c1c(C(F)(F)F)cc(-c2ccccc2)n(Cc2cccs2)c1=O. The van der Waals surface area contributed by atoms with Crippen LogP contribution in [0.2, 0.25) is 0 Å². The van der Waals surface area contributed by atoms with Gasteiger partial charge in [0.25, 0.3) is 11.2 Å². The van der Waals surface area contributed by atoms with Gasteiger partial charge in [-0.1, -0.05) is 36.4 Å². The second kappa shape index (κ2) is 6.57. The molecule has 0 amide bonds. The van der Waals surface area contributed by atoms with Crippen LogP contribution in [0.5, 0.6) is 0 Å². The summed E-state index contributed by atoms with van der Waals surface area (Å²) >= 11 is 1.39. The molecule has 3 aromatic rings. The van der Waals surface area contributed by atoms with E-state index in [1.165, 1.54) is 15.9 Å². The van der Waals surface area contributed by atoms with E-state index >= 15 is 0 Å². The van der Waals surface area contributed by atoms with Gasteiger partial charge >= 0.3 is 6.18 Å². The number of aromatic nitrogens is 1. The zero-order valence-electron chi connectivity index (χ0n) is 12.7. The maximum atomic E-state index is 13.3. The van der Waals surface area contributed by atoms with Crippen molar-refractivity contribution in [2.75, 3.05) is 0 Å². The van der Waals surface area contributed by atoms with E-state index in [0.29, 0.717) is 5.56 Å². The number of pyridine rings is 1. The molecule has 7 heteroatoms. The fourth-order valence-corrected chi connectivity index (χ4v) is 3.22. The highest BCUT2D eigenvalue weighted by Crippen LogP contribution is 2.37. The first-order chi connectivity index (χ1) is 11.9. The zero-order chi connectivity index (χ0) is 18.0. The first kappa shape index (κ1) is 17.0. The highest BCUT2D eigenvalue weighted by Gasteiger charge is 2.36. The molecule has 25 heavy (non-hydrogen) atoms. The molecule has 2 aromatic heterocycles. The normalized spacial score (nSPS) is 11.3. The minimum Gasteiger partial charge on any atom is -0.312 e. The largest absolute Gasteiger partial charge is 0.407 e. The number of thiophene rings is 1. The highest BCUT2D eigenvalue weighted by atomic mass is 32.1. The molecule has 0 N–H and O–H groups in total. The summed E-state index contributed by atoms with van der Waals surface area (Å²) in [5.74, 6) is 0. The molecule has 1 aromatic carbocycles. The average molecular weight is 360 g/mol. The highest BCUT2D eigenvalue weighted by molar-refractivity contribution is 7.09. The van der Waals surface area contributed by atoms with Gasteiger partial charge in [-0.3, -0.25) is 4.79 Å². The van der Waals surface area contributed by atoms with Gasteiger partial charge in [-0.15, -0.1) is 11.3 Å². The summed E-state index contributed by atoms with van der Waals surface area (Å²) in [5, 5.41) is 1.82. The van der Waals surface area contributed by atoms with Crippen LogP contribution in [-0.2, 0) is 12.7 Å². The summed E-state index contributed by atoms with van der Waals surface area (Å²) in [5.41, 5.74) is -2.41. The van der Waals surface area contributed by atoms with Crippen molar-refractivity contribution in [2.45, 2.75) is 12.7 Å². The first-order valence-corrected chi connectivity index (χ1v) is 8.10. The van der Waals surface area contributed by atoms with E-state index in [-0.39, 0.29) is 12.2 Å². The van der Waals surface area contributed by atoms with Crippen LogP contribution in [0.1, 0.15) is 10.4 Å². The standard InChI is InChI=1S/C18H11F3N2OS/c1-22-16-14(18(19,20)21)10-15(12-6-3-2-4-7-12)23(17(16)24)11-13-8-5-9-25-13/h2-10H,11H2. The van der Waals surface area contributed by atoms with Crippen LogP contribution >= 0.6 is 11.3 Å². The molecule has 0 saturated carbocycles. The van der Waals surface area contributed by atoms with E-state index in [1.54, 1.807) is 42.5 Å². The van der Waals surface area contributed by atoms with E-state index in [9.17, 15) is 18.0 Å². The quantitative estimate of drug-likeness (QED) is 0.590. The molecule has 0 aliphatic rings. The van der Waals surface area contributed by atoms with Crippen LogP contribution in [0.3, 0.4) is 0 Å². The molecule has 3 rings (SSSR count). The third-order valence-electron chi connectivity index (χ3n) is 3.66. The fraction of sp³-hybridized carbons (Fsp3) is 0.111. The van der Waals surface area contributed by atoms with Crippen LogP contribution in [0.25, 0.3) is 16.1 Å². The van der Waals surface area contributed by atoms with Crippen LogP contribution < -0.4 is 5.56 Å². The second-order valence-electron chi connectivity index (χ2n) is 5.24. The minimum atomic E-state index is -4.77. The average Bonchev–Trinajstić information content (AvgIpc) is 3.09. The van der Waals surface area contributed by atoms with E-state index in [4.69, 9.17) is 6.57 Å². The predicted molar refractivity (Wildman–Crippen MR) is 90.8 cm³/mol. The molecule has 0 unspecified atom stereocenters. The van der Waals surface area contributed by atoms with Gasteiger partial charge in [0.1, 0.15) is 0 Å². The monoisotopic (exact) mass is 360 g/mol. The predicted octanol–water partition coefficient (Wildman–Crippen LogP) is 5.19. The van der Waals surface area contributed by atoms with Gasteiger partial charge in [0.15, 0.2) is 0 Å². The van der Waals surface area contributed by atoms with Gasteiger partial charge in [-0.05, 0) is 23.1 Å². The number of halogens is 3. The Morgan fingerprint density at radius 1 is 1.12 bits per heavy atom. The van der Waals surface area contributed by atoms with Crippen LogP contribution in [0.4, 0.5) is 18.9 Å². The third-order valence-corrected chi connectivity index (χ3v) is 4.52. The van der Waals surface area contributed by atoms with E-state index in [0.717, 1.165) is 10.9 Å². The molecule has 0 bridgehead atoms. The fourth-order valence-electron chi connectivity index (χ4n) is 2.52.